The first-order valence-electron chi connectivity index (χ1n) is 3.92. The molecule has 76 valence electrons. The molecule has 0 aromatic carbocycles. The van der Waals surface area contributed by atoms with Crippen molar-refractivity contribution in [3.8, 4) is 0 Å². The number of rotatable bonds is 3. The molecule has 0 bridgehead atoms. The van der Waals surface area contributed by atoms with Crippen LogP contribution < -0.4 is 5.73 Å². The van der Waals surface area contributed by atoms with Crippen LogP contribution in [0.25, 0.3) is 0 Å². The summed E-state index contributed by atoms with van der Waals surface area (Å²) in [6, 6.07) is 0. The molecule has 0 aromatic heterocycles. The monoisotopic (exact) mass is 207 g/mol. The van der Waals surface area contributed by atoms with E-state index < -0.39 is 6.09 Å². The van der Waals surface area contributed by atoms with Crippen molar-refractivity contribution in [2.24, 2.45) is 5.73 Å². The Hall–Kier alpha value is -0.460. The van der Waals surface area contributed by atoms with E-state index in [9.17, 15) is 4.79 Å². The lowest BCUT2D eigenvalue weighted by Crippen LogP contribution is -2.30. The third kappa shape index (κ3) is 2.75. The van der Waals surface area contributed by atoms with E-state index in [1.807, 2.05) is 0 Å². The summed E-state index contributed by atoms with van der Waals surface area (Å²) in [5.41, 5.74) is 4.86. The number of hydrogen-bond acceptors (Lipinski definition) is 5. The molecule has 13 heavy (non-hydrogen) atoms. The number of nitrogens with two attached hydrogens (primary N) is 1. The maximum absolute atomic E-state index is 10.5. The summed E-state index contributed by atoms with van der Waals surface area (Å²) in [6.07, 6.45) is -0.562. The molecule has 6 heteroatoms. The molecule has 0 aromatic rings. The lowest BCUT2D eigenvalue weighted by Gasteiger charge is -2.14. The smallest absolute Gasteiger partial charge is 0.404 e. The number of primary amides is 1. The normalized spacial score (nSPS) is 33.2. The molecule has 0 radical (unpaired) electrons. The van der Waals surface area contributed by atoms with Gasteiger partial charge in [-0.2, -0.15) is 0 Å². The Morgan fingerprint density at radius 1 is 1.77 bits per heavy atom. The zero-order valence-electron chi connectivity index (χ0n) is 7.30. The number of carbonyl (C=O) groups excluding carboxylic acids is 1. The molecule has 1 saturated heterocycles. The van der Waals surface area contributed by atoms with E-state index in [2.05, 4.69) is 0 Å². The van der Waals surface area contributed by atoms with Gasteiger partial charge in [0.1, 0.15) is 11.5 Å². The van der Waals surface area contributed by atoms with Gasteiger partial charge in [0.05, 0.1) is 11.9 Å². The van der Waals surface area contributed by atoms with Crippen molar-refractivity contribution < 1.29 is 19.4 Å². The zero-order chi connectivity index (χ0) is 9.84. The van der Waals surface area contributed by atoms with E-state index in [-0.39, 0.29) is 23.4 Å². The molecular formula is C7H13NO4S. The van der Waals surface area contributed by atoms with E-state index in [1.54, 1.807) is 7.11 Å². The van der Waals surface area contributed by atoms with Gasteiger partial charge >= 0.3 is 6.09 Å². The van der Waals surface area contributed by atoms with Crippen LogP contribution in [-0.4, -0.2) is 41.7 Å². The highest BCUT2D eigenvalue weighted by Crippen LogP contribution is 2.35. The molecule has 0 saturated carbocycles. The number of amides is 1. The highest BCUT2D eigenvalue weighted by molar-refractivity contribution is 8.00. The van der Waals surface area contributed by atoms with Gasteiger partial charge < -0.3 is 20.3 Å². The molecular weight excluding hydrogens is 194 g/mol. The first-order valence-corrected chi connectivity index (χ1v) is 4.87. The summed E-state index contributed by atoms with van der Waals surface area (Å²) >= 11 is 1.46. The van der Waals surface area contributed by atoms with Crippen molar-refractivity contribution in [3.63, 3.8) is 0 Å². The predicted molar refractivity (Wildman–Crippen MR) is 48.3 cm³/mol. The summed E-state index contributed by atoms with van der Waals surface area (Å²) in [5.74, 6) is 0. The second-order valence-electron chi connectivity index (χ2n) is 2.73. The molecule has 0 spiro atoms. The number of aliphatic hydroxyl groups excluding tert-OH is 1. The largest absolute Gasteiger partial charge is 0.445 e. The average molecular weight is 207 g/mol. The second kappa shape index (κ2) is 4.69. The molecule has 3 atom stereocenters. The molecule has 5 nitrogen and oxygen atoms in total. The Morgan fingerprint density at radius 3 is 2.92 bits per heavy atom. The Bertz CT molecular complexity index is 189. The lowest BCUT2D eigenvalue weighted by atomic mass is 10.2. The van der Waals surface area contributed by atoms with Crippen LogP contribution in [0, 0.1) is 0 Å². The highest BCUT2D eigenvalue weighted by atomic mass is 32.2. The minimum atomic E-state index is -0.805. The van der Waals surface area contributed by atoms with Crippen molar-refractivity contribution in [2.75, 3.05) is 13.7 Å². The van der Waals surface area contributed by atoms with Crippen LogP contribution in [0.5, 0.6) is 0 Å². The van der Waals surface area contributed by atoms with E-state index in [0.29, 0.717) is 6.42 Å². The maximum atomic E-state index is 10.5. The van der Waals surface area contributed by atoms with Gasteiger partial charge in [0.15, 0.2) is 0 Å². The third-order valence-corrected chi connectivity index (χ3v) is 3.37. The summed E-state index contributed by atoms with van der Waals surface area (Å²) in [4.78, 5) is 10.5. The van der Waals surface area contributed by atoms with Crippen LogP contribution in [0.4, 0.5) is 4.79 Å². The molecule has 1 amide bonds. The van der Waals surface area contributed by atoms with Gasteiger partial charge in [-0.05, 0) is 0 Å². The number of carbonyl (C=O) groups is 1. The van der Waals surface area contributed by atoms with Gasteiger partial charge in [-0.25, -0.2) is 4.79 Å². The summed E-state index contributed by atoms with van der Waals surface area (Å²) in [6.45, 7) is -0.0392. The molecule has 1 fully saturated rings. The summed E-state index contributed by atoms with van der Waals surface area (Å²) < 4.78 is 9.90. The Kier molecular flexibility index (Phi) is 3.83. The van der Waals surface area contributed by atoms with Gasteiger partial charge in [0, 0.05) is 13.5 Å². The van der Waals surface area contributed by atoms with Gasteiger partial charge in [-0.3, -0.25) is 0 Å². The van der Waals surface area contributed by atoms with Crippen molar-refractivity contribution in [2.45, 2.75) is 23.2 Å². The third-order valence-electron chi connectivity index (χ3n) is 1.88. The van der Waals surface area contributed by atoms with E-state index in [1.165, 1.54) is 11.8 Å². The Labute approximate surface area is 80.6 Å². The van der Waals surface area contributed by atoms with Crippen molar-refractivity contribution >= 4 is 17.9 Å². The van der Waals surface area contributed by atoms with Crippen molar-refractivity contribution in [1.82, 2.24) is 0 Å². The topological polar surface area (TPSA) is 81.8 Å². The van der Waals surface area contributed by atoms with E-state index in [0.717, 1.165) is 0 Å². The van der Waals surface area contributed by atoms with Gasteiger partial charge in [-0.1, -0.05) is 0 Å². The molecule has 0 aliphatic carbocycles. The zero-order valence-corrected chi connectivity index (χ0v) is 8.12. The van der Waals surface area contributed by atoms with E-state index in [4.69, 9.17) is 20.3 Å². The van der Waals surface area contributed by atoms with Gasteiger partial charge in [-0.15, -0.1) is 11.8 Å². The number of aliphatic hydroxyl groups is 1. The average Bonchev–Trinajstić information content (AvgIpc) is 2.46. The molecule has 3 N–H and O–H groups in total. The van der Waals surface area contributed by atoms with Crippen LogP contribution in [-0.2, 0) is 9.47 Å². The first kappa shape index (κ1) is 10.6. The van der Waals surface area contributed by atoms with Crippen LogP contribution in [0.1, 0.15) is 6.42 Å². The standard InChI is InChI=1S/C7H13NO4S/c1-11-6-2-4(12-7(8)10)5(3-9)13-6/h4-6,9H,2-3H2,1H3,(H2,8,10)/t4-,5-,6?/m1/s1. The molecule has 1 unspecified atom stereocenters. The van der Waals surface area contributed by atoms with Crippen LogP contribution in [0.15, 0.2) is 0 Å². The van der Waals surface area contributed by atoms with Crippen molar-refractivity contribution in [1.29, 1.82) is 0 Å². The molecule has 1 aliphatic rings. The molecule has 1 aliphatic heterocycles. The number of hydrogen-bond donors (Lipinski definition) is 2. The van der Waals surface area contributed by atoms with Crippen LogP contribution >= 0.6 is 11.8 Å². The number of thioether (sulfide) groups is 1. The lowest BCUT2D eigenvalue weighted by molar-refractivity contribution is 0.0711. The van der Waals surface area contributed by atoms with Crippen LogP contribution in [0.3, 0.4) is 0 Å². The van der Waals surface area contributed by atoms with E-state index >= 15 is 0 Å². The minimum absolute atomic E-state index is 0.0264. The summed E-state index contributed by atoms with van der Waals surface area (Å²) in [5, 5.41) is 8.83. The SMILES string of the molecule is COC1C[C@@H](OC(N)=O)[C@@H](CO)S1. The fraction of sp³-hybridized carbons (Fsp3) is 0.857. The summed E-state index contributed by atoms with van der Waals surface area (Å²) in [7, 11) is 1.58. The predicted octanol–water partition coefficient (Wildman–Crippen LogP) is -0.0794. The molecule has 1 rings (SSSR count). The number of ether oxygens (including phenoxy) is 2. The van der Waals surface area contributed by atoms with Gasteiger partial charge in [0.2, 0.25) is 0 Å². The Morgan fingerprint density at radius 2 is 2.46 bits per heavy atom. The quantitative estimate of drug-likeness (QED) is 0.676. The maximum Gasteiger partial charge on any atom is 0.404 e. The Balaban J connectivity index is 2.47. The second-order valence-corrected chi connectivity index (χ2v) is 4.14. The van der Waals surface area contributed by atoms with Crippen LogP contribution in [0.2, 0.25) is 0 Å². The first-order chi connectivity index (χ1) is 6.17. The highest BCUT2D eigenvalue weighted by Gasteiger charge is 2.36. The fourth-order valence-electron chi connectivity index (χ4n) is 1.27. The number of methoxy groups -OCH3 is 1. The minimum Gasteiger partial charge on any atom is -0.445 e. The molecule has 1 heterocycles. The van der Waals surface area contributed by atoms with Gasteiger partial charge in [0.25, 0.3) is 0 Å². The fourth-order valence-corrected chi connectivity index (χ4v) is 2.49. The van der Waals surface area contributed by atoms with Crippen molar-refractivity contribution in [3.05, 3.63) is 0 Å².